The van der Waals surface area contributed by atoms with Gasteiger partial charge in [-0.25, -0.2) is 0 Å². The summed E-state index contributed by atoms with van der Waals surface area (Å²) in [7, 11) is 0. The summed E-state index contributed by atoms with van der Waals surface area (Å²) in [4.78, 5) is 12.2. The lowest BCUT2D eigenvalue weighted by Gasteiger charge is -2.08. The number of aromatic nitrogens is 2. The minimum absolute atomic E-state index is 0.121. The Hall–Kier alpha value is -3.21. The molecule has 0 fully saturated rings. The van der Waals surface area contributed by atoms with Crippen LogP contribution in [0.4, 0.5) is 17.2 Å². The summed E-state index contributed by atoms with van der Waals surface area (Å²) in [6.45, 7) is 3.85. The Morgan fingerprint density at radius 2 is 1.62 bits per heavy atom. The maximum absolute atomic E-state index is 12.2. The zero-order chi connectivity index (χ0) is 16.9. The second kappa shape index (κ2) is 6.91. The molecule has 120 valence electrons. The minimum Gasteiger partial charge on any atom is -0.339 e. The zero-order valence-corrected chi connectivity index (χ0v) is 13.6. The van der Waals surface area contributed by atoms with Crippen LogP contribution in [0.2, 0.25) is 0 Å². The molecule has 0 aliphatic carbocycles. The van der Waals surface area contributed by atoms with Crippen molar-refractivity contribution in [2.24, 2.45) is 0 Å². The van der Waals surface area contributed by atoms with Crippen LogP contribution in [0.25, 0.3) is 0 Å². The lowest BCUT2D eigenvalue weighted by atomic mass is 10.1. The third kappa shape index (κ3) is 3.95. The van der Waals surface area contributed by atoms with Crippen molar-refractivity contribution in [1.29, 1.82) is 0 Å². The standard InChI is InChI=1S/C19H18N4O/c1-13-4-3-5-15(12-13)19(24)21-17-9-7-16(8-10-17)20-18-11-6-14(2)22-23-18/h3-12H,1-2H3,(H,20,23)(H,21,24). The summed E-state index contributed by atoms with van der Waals surface area (Å²) in [5.74, 6) is 0.556. The van der Waals surface area contributed by atoms with Crippen LogP contribution in [0.1, 0.15) is 21.6 Å². The van der Waals surface area contributed by atoms with Crippen LogP contribution in [0.3, 0.4) is 0 Å². The van der Waals surface area contributed by atoms with Crippen molar-refractivity contribution in [3.8, 4) is 0 Å². The molecule has 0 spiro atoms. The van der Waals surface area contributed by atoms with E-state index in [0.29, 0.717) is 11.4 Å². The fraction of sp³-hybridized carbons (Fsp3) is 0.105. The number of anilines is 3. The molecule has 0 aliphatic heterocycles. The molecular formula is C19H18N4O. The van der Waals surface area contributed by atoms with Crippen LogP contribution < -0.4 is 10.6 Å². The number of nitrogens with one attached hydrogen (secondary N) is 2. The van der Waals surface area contributed by atoms with Crippen molar-refractivity contribution < 1.29 is 4.79 Å². The van der Waals surface area contributed by atoms with Gasteiger partial charge in [0.05, 0.1) is 5.69 Å². The van der Waals surface area contributed by atoms with E-state index in [2.05, 4.69) is 20.8 Å². The molecule has 5 nitrogen and oxygen atoms in total. The summed E-state index contributed by atoms with van der Waals surface area (Å²) in [5.41, 5.74) is 4.19. The van der Waals surface area contributed by atoms with Gasteiger partial charge >= 0.3 is 0 Å². The highest BCUT2D eigenvalue weighted by molar-refractivity contribution is 6.04. The molecule has 24 heavy (non-hydrogen) atoms. The SMILES string of the molecule is Cc1cccc(C(=O)Nc2ccc(Nc3ccc(C)nn3)cc2)c1. The first-order chi connectivity index (χ1) is 11.6. The first kappa shape index (κ1) is 15.7. The Balaban J connectivity index is 1.66. The van der Waals surface area contributed by atoms with E-state index < -0.39 is 0 Å². The van der Waals surface area contributed by atoms with Crippen LogP contribution >= 0.6 is 0 Å². The first-order valence-corrected chi connectivity index (χ1v) is 7.65. The van der Waals surface area contributed by atoms with E-state index in [4.69, 9.17) is 0 Å². The zero-order valence-electron chi connectivity index (χ0n) is 13.6. The fourth-order valence-corrected chi connectivity index (χ4v) is 2.24. The predicted octanol–water partition coefficient (Wildman–Crippen LogP) is 4.09. The Bertz CT molecular complexity index is 842. The van der Waals surface area contributed by atoms with Crippen LogP contribution in [0.5, 0.6) is 0 Å². The molecule has 0 saturated heterocycles. The van der Waals surface area contributed by atoms with Gasteiger partial charge in [0.2, 0.25) is 0 Å². The average molecular weight is 318 g/mol. The van der Waals surface area contributed by atoms with Crippen LogP contribution in [-0.4, -0.2) is 16.1 Å². The molecule has 0 aliphatic rings. The molecule has 0 bridgehead atoms. The number of benzene rings is 2. The molecule has 1 amide bonds. The normalized spacial score (nSPS) is 10.2. The quantitative estimate of drug-likeness (QED) is 0.760. The smallest absolute Gasteiger partial charge is 0.255 e. The lowest BCUT2D eigenvalue weighted by Crippen LogP contribution is -2.11. The van der Waals surface area contributed by atoms with Gasteiger partial charge in [-0.05, 0) is 62.4 Å². The molecule has 3 rings (SSSR count). The van der Waals surface area contributed by atoms with E-state index in [-0.39, 0.29) is 5.91 Å². The van der Waals surface area contributed by atoms with E-state index >= 15 is 0 Å². The van der Waals surface area contributed by atoms with E-state index in [9.17, 15) is 4.79 Å². The highest BCUT2D eigenvalue weighted by atomic mass is 16.1. The van der Waals surface area contributed by atoms with Crippen LogP contribution in [0, 0.1) is 13.8 Å². The number of carbonyl (C=O) groups excluding carboxylic acids is 1. The Kier molecular flexibility index (Phi) is 4.52. The minimum atomic E-state index is -0.121. The summed E-state index contributed by atoms with van der Waals surface area (Å²) < 4.78 is 0. The van der Waals surface area contributed by atoms with Crippen molar-refractivity contribution in [2.45, 2.75) is 13.8 Å². The monoisotopic (exact) mass is 318 g/mol. The van der Waals surface area contributed by atoms with Gasteiger partial charge in [-0.2, -0.15) is 5.10 Å². The number of amides is 1. The second-order valence-electron chi connectivity index (χ2n) is 5.59. The van der Waals surface area contributed by atoms with Crippen molar-refractivity contribution in [3.63, 3.8) is 0 Å². The average Bonchev–Trinajstić information content (AvgIpc) is 2.59. The number of carbonyl (C=O) groups is 1. The molecule has 0 unspecified atom stereocenters. The summed E-state index contributed by atoms with van der Waals surface area (Å²) in [5, 5.41) is 14.1. The van der Waals surface area contributed by atoms with Crippen molar-refractivity contribution in [3.05, 3.63) is 77.5 Å². The van der Waals surface area contributed by atoms with Gasteiger partial charge in [-0.3, -0.25) is 4.79 Å². The van der Waals surface area contributed by atoms with Crippen LogP contribution in [-0.2, 0) is 0 Å². The molecule has 2 aromatic carbocycles. The van der Waals surface area contributed by atoms with E-state index in [1.54, 1.807) is 6.07 Å². The molecule has 0 saturated carbocycles. The first-order valence-electron chi connectivity index (χ1n) is 7.65. The maximum atomic E-state index is 12.2. The fourth-order valence-electron chi connectivity index (χ4n) is 2.24. The highest BCUT2D eigenvalue weighted by Gasteiger charge is 2.06. The van der Waals surface area contributed by atoms with Gasteiger partial charge < -0.3 is 10.6 Å². The predicted molar refractivity (Wildman–Crippen MR) is 95.6 cm³/mol. The third-order valence-corrected chi connectivity index (χ3v) is 3.49. The number of aryl methyl sites for hydroxylation is 2. The molecule has 2 N–H and O–H groups in total. The van der Waals surface area contributed by atoms with Crippen molar-refractivity contribution in [1.82, 2.24) is 10.2 Å². The van der Waals surface area contributed by atoms with Gasteiger partial charge in [0.1, 0.15) is 0 Å². The van der Waals surface area contributed by atoms with Crippen LogP contribution in [0.15, 0.2) is 60.7 Å². The van der Waals surface area contributed by atoms with Crippen molar-refractivity contribution >= 4 is 23.1 Å². The van der Waals surface area contributed by atoms with Gasteiger partial charge in [0.25, 0.3) is 5.91 Å². The second-order valence-corrected chi connectivity index (χ2v) is 5.59. The van der Waals surface area contributed by atoms with Gasteiger partial charge in [-0.15, -0.1) is 5.10 Å². The molecule has 5 heteroatoms. The Morgan fingerprint density at radius 3 is 2.29 bits per heavy atom. The molecule has 1 aromatic heterocycles. The largest absolute Gasteiger partial charge is 0.339 e. The van der Waals surface area contributed by atoms with Gasteiger partial charge in [-0.1, -0.05) is 17.7 Å². The number of nitrogens with zero attached hydrogens (tertiary/aromatic N) is 2. The Labute approximate surface area is 140 Å². The summed E-state index contributed by atoms with van der Waals surface area (Å²) in [6.07, 6.45) is 0. The highest BCUT2D eigenvalue weighted by Crippen LogP contribution is 2.18. The maximum Gasteiger partial charge on any atom is 0.255 e. The molecular weight excluding hydrogens is 300 g/mol. The van der Waals surface area contributed by atoms with Gasteiger partial charge in [0, 0.05) is 16.9 Å². The topological polar surface area (TPSA) is 66.9 Å². The molecule has 0 radical (unpaired) electrons. The van der Waals surface area contributed by atoms with E-state index in [0.717, 1.165) is 22.6 Å². The number of hydrogen-bond donors (Lipinski definition) is 2. The van der Waals surface area contributed by atoms with E-state index in [1.807, 2.05) is 68.4 Å². The number of hydrogen-bond acceptors (Lipinski definition) is 4. The number of rotatable bonds is 4. The Morgan fingerprint density at radius 1 is 0.875 bits per heavy atom. The molecule has 3 aromatic rings. The lowest BCUT2D eigenvalue weighted by molar-refractivity contribution is 0.102. The van der Waals surface area contributed by atoms with E-state index in [1.165, 1.54) is 0 Å². The molecule has 1 heterocycles. The molecule has 0 atom stereocenters. The van der Waals surface area contributed by atoms with Gasteiger partial charge in [0.15, 0.2) is 5.82 Å². The summed E-state index contributed by atoms with van der Waals surface area (Å²) >= 11 is 0. The third-order valence-electron chi connectivity index (χ3n) is 3.49. The summed E-state index contributed by atoms with van der Waals surface area (Å²) in [6, 6.07) is 18.7. The van der Waals surface area contributed by atoms with Crippen molar-refractivity contribution in [2.75, 3.05) is 10.6 Å².